The monoisotopic (exact) mass is 236 g/mol. The molecule has 4 heteroatoms. The van der Waals surface area contributed by atoms with Crippen LogP contribution in [0.2, 0.25) is 0 Å². The first-order valence-electron chi connectivity index (χ1n) is 5.09. The number of furan rings is 1. The molecule has 0 aliphatic rings. The Morgan fingerprint density at radius 2 is 2.06 bits per heavy atom. The van der Waals surface area contributed by atoms with E-state index in [9.17, 15) is 13.6 Å². The van der Waals surface area contributed by atoms with Crippen molar-refractivity contribution in [3.8, 4) is 0 Å². The quantitative estimate of drug-likeness (QED) is 0.765. The summed E-state index contributed by atoms with van der Waals surface area (Å²) in [7, 11) is 0. The van der Waals surface area contributed by atoms with Crippen molar-refractivity contribution < 1.29 is 18.0 Å². The number of hydrogen-bond donors (Lipinski definition) is 0. The van der Waals surface area contributed by atoms with E-state index >= 15 is 0 Å². The summed E-state index contributed by atoms with van der Waals surface area (Å²) in [6.45, 7) is 1.72. The van der Waals surface area contributed by atoms with Crippen molar-refractivity contribution >= 4 is 5.78 Å². The van der Waals surface area contributed by atoms with Gasteiger partial charge in [0.05, 0.1) is 6.26 Å². The predicted molar refractivity (Wildman–Crippen MR) is 57.8 cm³/mol. The molecule has 0 aliphatic heterocycles. The SMILES string of the molecule is Cc1ccoc1C(=O)Cc1cc(F)ccc1F. The highest BCUT2D eigenvalue weighted by Crippen LogP contribution is 2.16. The number of carbonyl (C=O) groups is 1. The Kier molecular flexibility index (Phi) is 3.04. The summed E-state index contributed by atoms with van der Waals surface area (Å²) in [4.78, 5) is 11.8. The summed E-state index contributed by atoms with van der Waals surface area (Å²) in [5.74, 6) is -1.33. The molecule has 2 nitrogen and oxygen atoms in total. The van der Waals surface area contributed by atoms with Crippen LogP contribution in [0.15, 0.2) is 34.9 Å². The lowest BCUT2D eigenvalue weighted by Gasteiger charge is -2.02. The highest BCUT2D eigenvalue weighted by atomic mass is 19.1. The fourth-order valence-corrected chi connectivity index (χ4v) is 1.59. The molecule has 0 unspecified atom stereocenters. The van der Waals surface area contributed by atoms with E-state index in [0.717, 1.165) is 18.2 Å². The van der Waals surface area contributed by atoms with Crippen molar-refractivity contribution in [1.82, 2.24) is 0 Å². The van der Waals surface area contributed by atoms with E-state index in [0.29, 0.717) is 5.56 Å². The van der Waals surface area contributed by atoms with E-state index in [4.69, 9.17) is 4.42 Å². The molecule has 0 atom stereocenters. The lowest BCUT2D eigenvalue weighted by molar-refractivity contribution is 0.0964. The van der Waals surface area contributed by atoms with Gasteiger partial charge < -0.3 is 4.42 Å². The molecule has 0 saturated heterocycles. The Hall–Kier alpha value is -1.97. The van der Waals surface area contributed by atoms with Gasteiger partial charge in [0.15, 0.2) is 5.76 Å². The maximum absolute atomic E-state index is 13.3. The number of hydrogen-bond acceptors (Lipinski definition) is 2. The van der Waals surface area contributed by atoms with E-state index in [1.165, 1.54) is 6.26 Å². The molecule has 0 saturated carbocycles. The molecule has 2 rings (SSSR count). The summed E-state index contributed by atoms with van der Waals surface area (Å²) in [5.41, 5.74) is 0.720. The van der Waals surface area contributed by atoms with Crippen molar-refractivity contribution in [1.29, 1.82) is 0 Å². The van der Waals surface area contributed by atoms with Gasteiger partial charge in [-0.3, -0.25) is 4.79 Å². The fourth-order valence-electron chi connectivity index (χ4n) is 1.59. The summed E-state index contributed by atoms with van der Waals surface area (Å²) in [6.07, 6.45) is 1.18. The molecule has 2 aromatic rings. The van der Waals surface area contributed by atoms with Crippen LogP contribution in [-0.4, -0.2) is 5.78 Å². The van der Waals surface area contributed by atoms with E-state index in [2.05, 4.69) is 0 Å². The molecular weight excluding hydrogens is 226 g/mol. The third-order valence-electron chi connectivity index (χ3n) is 2.47. The first-order chi connectivity index (χ1) is 8.08. The number of benzene rings is 1. The summed E-state index contributed by atoms with van der Waals surface area (Å²) in [5, 5.41) is 0. The van der Waals surface area contributed by atoms with Gasteiger partial charge in [-0.15, -0.1) is 0 Å². The first kappa shape index (κ1) is 11.5. The van der Waals surface area contributed by atoms with Crippen LogP contribution < -0.4 is 0 Å². The van der Waals surface area contributed by atoms with Crippen LogP contribution in [0.25, 0.3) is 0 Å². The lowest BCUT2D eigenvalue weighted by Crippen LogP contribution is -2.05. The van der Waals surface area contributed by atoms with Crippen LogP contribution in [-0.2, 0) is 6.42 Å². The van der Waals surface area contributed by atoms with Crippen LogP contribution in [0.1, 0.15) is 21.7 Å². The van der Waals surface area contributed by atoms with Gasteiger partial charge in [-0.2, -0.15) is 0 Å². The number of halogens is 2. The fraction of sp³-hybridized carbons (Fsp3) is 0.154. The number of rotatable bonds is 3. The van der Waals surface area contributed by atoms with Gasteiger partial charge in [0, 0.05) is 6.42 Å². The Bertz CT molecular complexity index is 558. The third kappa shape index (κ3) is 2.41. The van der Waals surface area contributed by atoms with Crippen molar-refractivity contribution in [2.24, 2.45) is 0 Å². The van der Waals surface area contributed by atoms with Crippen LogP contribution in [0, 0.1) is 18.6 Å². The van der Waals surface area contributed by atoms with Gasteiger partial charge >= 0.3 is 0 Å². The summed E-state index contributed by atoms with van der Waals surface area (Å²) < 4.78 is 31.2. The van der Waals surface area contributed by atoms with Gasteiger partial charge in [-0.1, -0.05) is 0 Å². The second-order valence-corrected chi connectivity index (χ2v) is 3.77. The second kappa shape index (κ2) is 4.49. The zero-order valence-electron chi connectivity index (χ0n) is 9.17. The van der Waals surface area contributed by atoms with Gasteiger partial charge in [-0.05, 0) is 42.3 Å². The molecule has 0 fully saturated rings. The minimum Gasteiger partial charge on any atom is -0.461 e. The highest BCUT2D eigenvalue weighted by molar-refractivity contribution is 5.96. The van der Waals surface area contributed by atoms with Gasteiger partial charge in [0.25, 0.3) is 0 Å². The minimum absolute atomic E-state index is 0.0331. The Balaban J connectivity index is 2.24. The minimum atomic E-state index is -0.594. The van der Waals surface area contributed by atoms with Gasteiger partial charge in [-0.25, -0.2) is 8.78 Å². The lowest BCUT2D eigenvalue weighted by atomic mass is 10.1. The smallest absolute Gasteiger partial charge is 0.202 e. The number of Topliss-reactive ketones (excluding diaryl/α,β-unsaturated/α-hetero) is 1. The average molecular weight is 236 g/mol. The van der Waals surface area contributed by atoms with Crippen molar-refractivity contribution in [2.75, 3.05) is 0 Å². The van der Waals surface area contributed by atoms with E-state index < -0.39 is 11.6 Å². The molecule has 1 heterocycles. The van der Waals surface area contributed by atoms with Crippen molar-refractivity contribution in [3.05, 3.63) is 59.1 Å². The Labute approximate surface area is 96.9 Å². The number of ketones is 1. The molecule has 0 aliphatic carbocycles. The number of aryl methyl sites for hydroxylation is 1. The molecule has 1 aromatic heterocycles. The zero-order chi connectivity index (χ0) is 12.4. The van der Waals surface area contributed by atoms with E-state index in [-0.39, 0.29) is 23.5 Å². The summed E-state index contributed by atoms with van der Waals surface area (Å²) >= 11 is 0. The van der Waals surface area contributed by atoms with E-state index in [1.807, 2.05) is 0 Å². The molecule has 0 spiro atoms. The molecule has 0 amide bonds. The van der Waals surface area contributed by atoms with Crippen LogP contribution >= 0.6 is 0 Å². The van der Waals surface area contributed by atoms with Crippen LogP contribution in [0.3, 0.4) is 0 Å². The molecule has 1 aromatic carbocycles. The zero-order valence-corrected chi connectivity index (χ0v) is 9.17. The third-order valence-corrected chi connectivity index (χ3v) is 2.47. The molecule has 0 radical (unpaired) electrons. The normalized spacial score (nSPS) is 10.5. The van der Waals surface area contributed by atoms with Crippen molar-refractivity contribution in [2.45, 2.75) is 13.3 Å². The topological polar surface area (TPSA) is 30.2 Å². The molecule has 0 bridgehead atoms. The van der Waals surface area contributed by atoms with Crippen LogP contribution in [0.4, 0.5) is 8.78 Å². The first-order valence-corrected chi connectivity index (χ1v) is 5.09. The standard InChI is InChI=1S/C13H10F2O2/c1-8-4-5-17-13(8)12(16)7-9-6-10(14)2-3-11(9)15/h2-6H,7H2,1H3. The highest BCUT2D eigenvalue weighted by Gasteiger charge is 2.15. The molecule has 88 valence electrons. The maximum Gasteiger partial charge on any atom is 0.202 e. The summed E-state index contributed by atoms with van der Waals surface area (Å²) in [6, 6.07) is 4.69. The average Bonchev–Trinajstić information content (AvgIpc) is 2.70. The maximum atomic E-state index is 13.3. The van der Waals surface area contributed by atoms with Gasteiger partial charge in [0.1, 0.15) is 11.6 Å². The van der Waals surface area contributed by atoms with Gasteiger partial charge in [0.2, 0.25) is 5.78 Å². The molecule has 17 heavy (non-hydrogen) atoms. The predicted octanol–water partition coefficient (Wildman–Crippen LogP) is 3.29. The molecule has 0 N–H and O–H groups in total. The Morgan fingerprint density at radius 3 is 2.71 bits per heavy atom. The van der Waals surface area contributed by atoms with Crippen molar-refractivity contribution in [3.63, 3.8) is 0 Å². The second-order valence-electron chi connectivity index (χ2n) is 3.77. The number of carbonyl (C=O) groups excluding carboxylic acids is 1. The largest absolute Gasteiger partial charge is 0.461 e. The Morgan fingerprint density at radius 1 is 1.29 bits per heavy atom. The van der Waals surface area contributed by atoms with Crippen LogP contribution in [0.5, 0.6) is 0 Å². The van der Waals surface area contributed by atoms with E-state index in [1.54, 1.807) is 13.0 Å². The molecular formula is C13H10F2O2.